The molecule has 8 nitrogen and oxygen atoms in total. The Kier molecular flexibility index (Phi) is 4.51. The molecule has 0 bridgehead atoms. The molecule has 0 unspecified atom stereocenters. The molecule has 0 spiro atoms. The molecule has 0 radical (unpaired) electrons. The molecule has 2 aromatic heterocycles. The number of nitrogens with zero attached hydrogens (tertiary/aromatic N) is 3. The van der Waals surface area contributed by atoms with E-state index in [1.165, 1.54) is 6.33 Å². The number of rotatable bonds is 4. The van der Waals surface area contributed by atoms with Crippen LogP contribution in [-0.2, 0) is 11.2 Å². The first-order valence-electron chi connectivity index (χ1n) is 10.7. The average Bonchev–Trinajstić information content (AvgIpc) is 3.56. The number of hydrogen-bond donors (Lipinski definition) is 4. The van der Waals surface area contributed by atoms with E-state index in [9.17, 15) is 9.90 Å². The summed E-state index contributed by atoms with van der Waals surface area (Å²) in [5, 5.41) is 28.8. The van der Waals surface area contributed by atoms with Gasteiger partial charge in [0.15, 0.2) is 5.82 Å². The summed E-state index contributed by atoms with van der Waals surface area (Å²) in [6, 6.07) is 21.2. The van der Waals surface area contributed by atoms with Crippen LogP contribution < -0.4 is 5.32 Å². The zero-order valence-electron chi connectivity index (χ0n) is 17.5. The van der Waals surface area contributed by atoms with Gasteiger partial charge in [-0.15, -0.1) is 0 Å². The van der Waals surface area contributed by atoms with E-state index in [4.69, 9.17) is 0 Å². The Morgan fingerprint density at radius 3 is 2.79 bits per heavy atom. The van der Waals surface area contributed by atoms with Gasteiger partial charge in [-0.25, -0.2) is 4.98 Å². The van der Waals surface area contributed by atoms with Crippen LogP contribution in [0, 0.1) is 0 Å². The number of aliphatic hydroxyl groups excluding tert-OH is 1. The van der Waals surface area contributed by atoms with Crippen molar-refractivity contribution in [2.75, 3.05) is 5.32 Å². The van der Waals surface area contributed by atoms with Crippen molar-refractivity contribution in [1.82, 2.24) is 25.4 Å². The lowest BCUT2D eigenvalue weighted by molar-refractivity contribution is -0.119. The van der Waals surface area contributed by atoms with Gasteiger partial charge in [0.2, 0.25) is 5.91 Å². The number of anilines is 1. The van der Waals surface area contributed by atoms with Gasteiger partial charge in [-0.05, 0) is 47.9 Å². The summed E-state index contributed by atoms with van der Waals surface area (Å²) in [5.41, 5.74) is 5.99. The zero-order valence-corrected chi connectivity index (χ0v) is 17.5. The van der Waals surface area contributed by atoms with Crippen LogP contribution in [0.5, 0.6) is 0 Å². The number of hydrogen-bond acceptors (Lipinski definition) is 5. The first kappa shape index (κ1) is 19.4. The Labute approximate surface area is 188 Å². The summed E-state index contributed by atoms with van der Waals surface area (Å²) in [4.78, 5) is 17.3. The van der Waals surface area contributed by atoms with E-state index in [-0.39, 0.29) is 5.91 Å². The van der Waals surface area contributed by atoms with Gasteiger partial charge in [0.1, 0.15) is 6.33 Å². The van der Waals surface area contributed by atoms with Gasteiger partial charge in [0.25, 0.3) is 0 Å². The maximum absolute atomic E-state index is 13.1. The number of carbonyl (C=O) groups is 1. The quantitative estimate of drug-likeness (QED) is 0.343. The minimum atomic E-state index is -0.727. The van der Waals surface area contributed by atoms with E-state index in [0.717, 1.165) is 38.9 Å². The first-order valence-corrected chi connectivity index (χ1v) is 10.7. The molecule has 0 saturated heterocycles. The van der Waals surface area contributed by atoms with Crippen molar-refractivity contribution in [3.63, 3.8) is 0 Å². The average molecular weight is 436 g/mol. The molecule has 0 saturated carbocycles. The smallest absolute Gasteiger partial charge is 0.234 e. The molecule has 3 aromatic carbocycles. The lowest BCUT2D eigenvalue weighted by Gasteiger charge is -2.16. The highest BCUT2D eigenvalue weighted by Crippen LogP contribution is 2.35. The van der Waals surface area contributed by atoms with Gasteiger partial charge in [0, 0.05) is 22.2 Å². The van der Waals surface area contributed by atoms with E-state index in [1.807, 2.05) is 66.7 Å². The largest absolute Gasteiger partial charge is 0.392 e. The lowest BCUT2D eigenvalue weighted by Crippen LogP contribution is -2.27. The van der Waals surface area contributed by atoms with Crippen LogP contribution in [0.2, 0.25) is 0 Å². The molecule has 2 heterocycles. The summed E-state index contributed by atoms with van der Waals surface area (Å²) in [6.45, 7) is 0. The van der Waals surface area contributed by atoms with Crippen molar-refractivity contribution in [2.45, 2.75) is 18.4 Å². The van der Waals surface area contributed by atoms with Crippen LogP contribution >= 0.6 is 0 Å². The van der Waals surface area contributed by atoms with Crippen LogP contribution in [-0.4, -0.2) is 42.5 Å². The van der Waals surface area contributed by atoms with Crippen LogP contribution in [0.4, 0.5) is 5.69 Å². The zero-order chi connectivity index (χ0) is 22.4. The molecule has 0 fully saturated rings. The Bertz CT molecular complexity index is 1470. The molecule has 1 aliphatic rings. The van der Waals surface area contributed by atoms with E-state index >= 15 is 0 Å². The fraction of sp³-hybridized carbons (Fsp3) is 0.120. The number of carbonyl (C=O) groups excluding carboxylic acids is 1. The number of fused-ring (bicyclic) bond motifs is 2. The summed E-state index contributed by atoms with van der Waals surface area (Å²) < 4.78 is 0. The molecule has 6 rings (SSSR count). The van der Waals surface area contributed by atoms with E-state index in [2.05, 4.69) is 30.7 Å². The molecule has 1 amide bonds. The van der Waals surface area contributed by atoms with E-state index < -0.39 is 12.0 Å². The normalized spacial score (nSPS) is 17.2. The van der Waals surface area contributed by atoms with Gasteiger partial charge in [-0.3, -0.25) is 15.0 Å². The highest BCUT2D eigenvalue weighted by molar-refractivity contribution is 5.99. The van der Waals surface area contributed by atoms with Crippen LogP contribution in [0.25, 0.3) is 33.5 Å². The number of H-pyrrole nitrogens is 2. The maximum atomic E-state index is 13.1. The van der Waals surface area contributed by atoms with Crippen LogP contribution in [0.3, 0.4) is 0 Å². The highest BCUT2D eigenvalue weighted by Gasteiger charge is 2.36. The molecule has 162 valence electrons. The SMILES string of the molecule is O=C(Nc1cccc(-c2n[nH]c3ccc(-c4ncn[nH]4)cc23)c1)[C@@H]1c2ccccc2C[C@@H]1O. The number of benzene rings is 3. The number of nitrogens with one attached hydrogen (secondary N) is 3. The Morgan fingerprint density at radius 2 is 1.91 bits per heavy atom. The van der Waals surface area contributed by atoms with Crippen molar-refractivity contribution in [1.29, 1.82) is 0 Å². The van der Waals surface area contributed by atoms with Crippen molar-refractivity contribution in [3.8, 4) is 22.6 Å². The molecule has 33 heavy (non-hydrogen) atoms. The number of aromatic amines is 2. The van der Waals surface area contributed by atoms with Crippen molar-refractivity contribution in [2.24, 2.45) is 0 Å². The Balaban J connectivity index is 1.31. The summed E-state index contributed by atoms with van der Waals surface area (Å²) in [6.07, 6.45) is 1.23. The minimum absolute atomic E-state index is 0.218. The molecular formula is C25H20N6O2. The van der Waals surface area contributed by atoms with E-state index in [0.29, 0.717) is 17.9 Å². The lowest BCUT2D eigenvalue weighted by atomic mass is 9.98. The fourth-order valence-corrected chi connectivity index (χ4v) is 4.58. The van der Waals surface area contributed by atoms with Crippen molar-refractivity contribution < 1.29 is 9.90 Å². The molecule has 0 aliphatic heterocycles. The second-order valence-electron chi connectivity index (χ2n) is 8.18. The summed E-state index contributed by atoms with van der Waals surface area (Å²) >= 11 is 0. The molecule has 5 aromatic rings. The molecule has 2 atom stereocenters. The van der Waals surface area contributed by atoms with Gasteiger partial charge in [-0.2, -0.15) is 10.2 Å². The Hall–Kier alpha value is -4.30. The summed E-state index contributed by atoms with van der Waals surface area (Å²) in [7, 11) is 0. The third-order valence-electron chi connectivity index (χ3n) is 6.14. The molecular weight excluding hydrogens is 416 g/mol. The second-order valence-corrected chi connectivity index (χ2v) is 8.18. The third-order valence-corrected chi connectivity index (χ3v) is 6.14. The predicted molar refractivity (Wildman–Crippen MR) is 124 cm³/mol. The maximum Gasteiger partial charge on any atom is 0.234 e. The number of amides is 1. The minimum Gasteiger partial charge on any atom is -0.392 e. The number of aromatic nitrogens is 5. The first-order chi connectivity index (χ1) is 16.2. The van der Waals surface area contributed by atoms with E-state index in [1.54, 1.807) is 0 Å². The van der Waals surface area contributed by atoms with Gasteiger partial charge in [-0.1, -0.05) is 36.4 Å². The predicted octanol–water partition coefficient (Wildman–Crippen LogP) is 3.65. The molecule has 8 heteroatoms. The monoisotopic (exact) mass is 436 g/mol. The van der Waals surface area contributed by atoms with Crippen molar-refractivity contribution >= 4 is 22.5 Å². The molecule has 1 aliphatic carbocycles. The van der Waals surface area contributed by atoms with Gasteiger partial charge in [0.05, 0.1) is 23.2 Å². The van der Waals surface area contributed by atoms with Crippen LogP contribution in [0.1, 0.15) is 17.0 Å². The van der Waals surface area contributed by atoms with Crippen molar-refractivity contribution in [3.05, 3.63) is 84.2 Å². The third kappa shape index (κ3) is 3.37. The Morgan fingerprint density at radius 1 is 1.00 bits per heavy atom. The second kappa shape index (κ2) is 7.68. The van der Waals surface area contributed by atoms with Crippen LogP contribution in [0.15, 0.2) is 73.1 Å². The highest BCUT2D eigenvalue weighted by atomic mass is 16.3. The topological polar surface area (TPSA) is 120 Å². The summed E-state index contributed by atoms with van der Waals surface area (Å²) in [5.74, 6) is -0.120. The fourth-order valence-electron chi connectivity index (χ4n) is 4.58. The van der Waals surface area contributed by atoms with Gasteiger partial charge < -0.3 is 10.4 Å². The van der Waals surface area contributed by atoms with Gasteiger partial charge >= 0.3 is 0 Å². The standard InChI is InChI=1S/C25H20N6O2/c32-21-12-14-4-1-2-7-18(14)22(21)25(33)28-17-6-3-5-15(10-17)23-19-11-16(24-26-13-27-31-24)8-9-20(19)29-30-23/h1-11,13,21-22,32H,12H2,(H,28,33)(H,29,30)(H,26,27,31)/t21-,22+/m0/s1. The number of aliphatic hydroxyl groups is 1. The molecule has 4 N–H and O–H groups in total.